The molecular formula is C29H31NO5. The second-order valence-electron chi connectivity index (χ2n) is 9.14. The first-order valence-corrected chi connectivity index (χ1v) is 12.1. The molecular weight excluding hydrogens is 442 g/mol. The Bertz CT molecular complexity index is 1080. The Morgan fingerprint density at radius 2 is 1.51 bits per heavy atom. The van der Waals surface area contributed by atoms with Crippen LogP contribution in [0.5, 0.6) is 0 Å². The molecule has 0 bridgehead atoms. The molecule has 2 aliphatic heterocycles. The Balaban J connectivity index is 1.22. The number of benzene rings is 3. The molecule has 0 radical (unpaired) electrons. The summed E-state index contributed by atoms with van der Waals surface area (Å²) in [6.07, 6.45) is -1.13. The van der Waals surface area contributed by atoms with Gasteiger partial charge in [-0.3, -0.25) is 4.90 Å². The third kappa shape index (κ3) is 5.73. The largest absolute Gasteiger partial charge is 0.444 e. The van der Waals surface area contributed by atoms with E-state index in [1.54, 1.807) is 4.90 Å². The first-order chi connectivity index (χ1) is 17.2. The minimum Gasteiger partial charge on any atom is -0.444 e. The number of ether oxygens (including phenoxy) is 4. The molecule has 0 aliphatic carbocycles. The van der Waals surface area contributed by atoms with Gasteiger partial charge in [-0.1, -0.05) is 97.9 Å². The average molecular weight is 474 g/mol. The minimum absolute atomic E-state index is 0.0327. The first-order valence-electron chi connectivity index (χ1n) is 12.1. The lowest BCUT2D eigenvalue weighted by molar-refractivity contribution is 0.00216. The van der Waals surface area contributed by atoms with Crippen molar-refractivity contribution in [3.8, 4) is 0 Å². The molecule has 0 saturated carbocycles. The van der Waals surface area contributed by atoms with Crippen molar-refractivity contribution in [2.75, 3.05) is 13.2 Å². The van der Waals surface area contributed by atoms with Gasteiger partial charge in [0, 0.05) is 5.92 Å². The molecule has 3 aromatic rings. The Labute approximate surface area is 206 Å². The zero-order valence-corrected chi connectivity index (χ0v) is 19.9. The van der Waals surface area contributed by atoms with Crippen LogP contribution in [-0.2, 0) is 32.2 Å². The zero-order valence-electron chi connectivity index (χ0n) is 19.9. The van der Waals surface area contributed by atoms with E-state index in [0.29, 0.717) is 19.8 Å². The van der Waals surface area contributed by atoms with Gasteiger partial charge < -0.3 is 18.9 Å². The van der Waals surface area contributed by atoms with Crippen LogP contribution in [0.25, 0.3) is 0 Å². The maximum atomic E-state index is 13.3. The number of amides is 1. The number of carbonyl (C=O) groups excluding carboxylic acids is 1. The highest BCUT2D eigenvalue weighted by molar-refractivity contribution is 5.69. The van der Waals surface area contributed by atoms with Crippen molar-refractivity contribution in [3.05, 3.63) is 108 Å². The highest BCUT2D eigenvalue weighted by Gasteiger charge is 2.56. The van der Waals surface area contributed by atoms with Crippen LogP contribution < -0.4 is 0 Å². The van der Waals surface area contributed by atoms with Gasteiger partial charge in [0.05, 0.1) is 32.0 Å². The molecule has 0 N–H and O–H groups in total. The van der Waals surface area contributed by atoms with Crippen LogP contribution in [0, 0.1) is 5.92 Å². The molecule has 6 heteroatoms. The van der Waals surface area contributed by atoms with Gasteiger partial charge in [-0.15, -0.1) is 0 Å². The number of hydrogen-bond donors (Lipinski definition) is 0. The Hall–Kier alpha value is -3.19. The molecule has 1 amide bonds. The molecule has 0 spiro atoms. The monoisotopic (exact) mass is 473 g/mol. The van der Waals surface area contributed by atoms with Crippen LogP contribution in [0.15, 0.2) is 91.0 Å². The molecule has 2 aliphatic rings. The van der Waals surface area contributed by atoms with E-state index in [1.807, 2.05) is 78.9 Å². The van der Waals surface area contributed by atoms with Gasteiger partial charge in [0.15, 0.2) is 6.23 Å². The van der Waals surface area contributed by atoms with Crippen LogP contribution in [0.4, 0.5) is 4.79 Å². The van der Waals surface area contributed by atoms with Crippen LogP contribution in [0.2, 0.25) is 0 Å². The Morgan fingerprint density at radius 1 is 0.914 bits per heavy atom. The normalized spacial score (nSPS) is 24.2. The number of nitrogens with zero attached hydrogens (tertiary/aromatic N) is 1. The van der Waals surface area contributed by atoms with Gasteiger partial charge in [0.2, 0.25) is 0 Å². The van der Waals surface area contributed by atoms with Gasteiger partial charge in [0.1, 0.15) is 12.7 Å². The molecule has 6 nitrogen and oxygen atoms in total. The van der Waals surface area contributed by atoms with Crippen LogP contribution in [0.3, 0.4) is 0 Å². The lowest BCUT2D eigenvalue weighted by atomic mass is 10.0. The molecule has 2 saturated heterocycles. The summed E-state index contributed by atoms with van der Waals surface area (Å²) in [6.45, 7) is 3.86. The van der Waals surface area contributed by atoms with Crippen molar-refractivity contribution in [2.45, 2.75) is 44.6 Å². The van der Waals surface area contributed by atoms with Gasteiger partial charge in [-0.05, 0) is 16.7 Å². The van der Waals surface area contributed by atoms with Crippen molar-refractivity contribution >= 4 is 6.09 Å². The van der Waals surface area contributed by atoms with Gasteiger partial charge in [-0.25, -0.2) is 4.79 Å². The summed E-state index contributed by atoms with van der Waals surface area (Å²) >= 11 is 0. The predicted molar refractivity (Wildman–Crippen MR) is 131 cm³/mol. The standard InChI is InChI=1S/C29H31NO5/c1-21(17-32-18-22-11-5-2-6-12-22)26-27(35-26)28-30(25(20-33-28)24-15-9-4-10-16-24)29(31)34-19-23-13-7-3-8-14-23/h2-16,21,25-28H,17-20H2,1H3/t21-,25+,26-,27-,28-/m1/s1. The van der Waals surface area contributed by atoms with E-state index in [-0.39, 0.29) is 30.8 Å². The van der Waals surface area contributed by atoms with Crippen LogP contribution in [-0.4, -0.2) is 42.6 Å². The summed E-state index contributed by atoms with van der Waals surface area (Å²) in [5.41, 5.74) is 3.10. The number of rotatable bonds is 9. The van der Waals surface area contributed by atoms with E-state index in [0.717, 1.165) is 16.7 Å². The molecule has 35 heavy (non-hydrogen) atoms. The summed E-state index contributed by atoms with van der Waals surface area (Å²) < 4.78 is 23.8. The summed E-state index contributed by atoms with van der Waals surface area (Å²) in [6, 6.07) is 29.5. The molecule has 3 aromatic carbocycles. The summed E-state index contributed by atoms with van der Waals surface area (Å²) in [5.74, 6) is 0.172. The Kier molecular flexibility index (Phi) is 7.42. The SMILES string of the molecule is C[C@H](COCc1ccccc1)[C@H]1O[C@H]1[C@H]1OC[C@@H](c2ccccc2)N1C(=O)OCc1ccccc1. The molecule has 2 fully saturated rings. The molecule has 0 aromatic heterocycles. The van der Waals surface area contributed by atoms with E-state index in [1.165, 1.54) is 0 Å². The molecule has 2 heterocycles. The Morgan fingerprint density at radius 3 is 2.17 bits per heavy atom. The van der Waals surface area contributed by atoms with E-state index >= 15 is 0 Å². The first kappa shape index (κ1) is 23.5. The fraction of sp³-hybridized carbons (Fsp3) is 0.345. The number of hydrogen-bond acceptors (Lipinski definition) is 5. The van der Waals surface area contributed by atoms with E-state index < -0.39 is 12.3 Å². The van der Waals surface area contributed by atoms with Gasteiger partial charge in [-0.2, -0.15) is 0 Å². The van der Waals surface area contributed by atoms with Crippen molar-refractivity contribution < 1.29 is 23.7 Å². The van der Waals surface area contributed by atoms with Gasteiger partial charge >= 0.3 is 6.09 Å². The summed E-state index contributed by atoms with van der Waals surface area (Å²) in [4.78, 5) is 15.0. The quantitative estimate of drug-likeness (QED) is 0.393. The summed E-state index contributed by atoms with van der Waals surface area (Å²) in [7, 11) is 0. The highest BCUT2D eigenvalue weighted by Crippen LogP contribution is 2.41. The number of carbonyl (C=O) groups is 1. The van der Waals surface area contributed by atoms with Crippen molar-refractivity contribution in [2.24, 2.45) is 5.92 Å². The van der Waals surface area contributed by atoms with Crippen molar-refractivity contribution in [1.82, 2.24) is 4.90 Å². The maximum absolute atomic E-state index is 13.3. The van der Waals surface area contributed by atoms with Crippen molar-refractivity contribution in [1.29, 1.82) is 0 Å². The average Bonchev–Trinajstić information content (AvgIpc) is 3.59. The zero-order chi connectivity index (χ0) is 24.0. The number of epoxide rings is 1. The second kappa shape index (κ2) is 11.0. The maximum Gasteiger partial charge on any atom is 0.412 e. The third-order valence-electron chi connectivity index (χ3n) is 6.53. The van der Waals surface area contributed by atoms with E-state index in [2.05, 4.69) is 19.1 Å². The molecule has 5 atom stereocenters. The predicted octanol–water partition coefficient (Wildman–Crippen LogP) is 5.34. The van der Waals surface area contributed by atoms with Gasteiger partial charge in [0.25, 0.3) is 0 Å². The second-order valence-corrected chi connectivity index (χ2v) is 9.14. The lowest BCUT2D eigenvalue weighted by Gasteiger charge is -2.27. The fourth-order valence-corrected chi connectivity index (χ4v) is 4.59. The fourth-order valence-electron chi connectivity index (χ4n) is 4.59. The molecule has 182 valence electrons. The van der Waals surface area contributed by atoms with Crippen LogP contribution >= 0.6 is 0 Å². The summed E-state index contributed by atoms with van der Waals surface area (Å²) in [5, 5.41) is 0. The third-order valence-corrected chi connectivity index (χ3v) is 6.53. The highest BCUT2D eigenvalue weighted by atomic mass is 16.6. The topological polar surface area (TPSA) is 60.5 Å². The lowest BCUT2D eigenvalue weighted by Crippen LogP contribution is -2.42. The molecule has 0 unspecified atom stereocenters. The molecule has 5 rings (SSSR count). The van der Waals surface area contributed by atoms with Crippen molar-refractivity contribution in [3.63, 3.8) is 0 Å². The van der Waals surface area contributed by atoms with Crippen LogP contribution in [0.1, 0.15) is 29.7 Å². The minimum atomic E-state index is -0.495. The van der Waals surface area contributed by atoms with E-state index in [9.17, 15) is 4.79 Å². The van der Waals surface area contributed by atoms with E-state index in [4.69, 9.17) is 18.9 Å². The smallest absolute Gasteiger partial charge is 0.412 e.